The number of hydrogen-bond donors (Lipinski definition) is 0. The van der Waals surface area contributed by atoms with Gasteiger partial charge in [-0.2, -0.15) is 24.9 Å². The standard InChI is InChI=1S/C10H11F3S/c1-2-14-7-8-4-3-5-9(6-8)10(11,12)13/h3-6H,2,7H2,1H3. The highest BCUT2D eigenvalue weighted by atomic mass is 32.2. The Morgan fingerprint density at radius 3 is 2.57 bits per heavy atom. The van der Waals surface area contributed by atoms with E-state index in [9.17, 15) is 13.2 Å². The van der Waals surface area contributed by atoms with Gasteiger partial charge >= 0.3 is 6.18 Å². The van der Waals surface area contributed by atoms with Crippen molar-refractivity contribution in [3.8, 4) is 0 Å². The third-order valence-corrected chi connectivity index (χ3v) is 2.67. The Morgan fingerprint density at radius 2 is 2.00 bits per heavy atom. The molecule has 0 nitrogen and oxygen atoms in total. The number of rotatable bonds is 3. The van der Waals surface area contributed by atoms with Crippen LogP contribution in [0.5, 0.6) is 0 Å². The molecule has 0 saturated carbocycles. The molecule has 1 rings (SSSR count). The molecule has 78 valence electrons. The van der Waals surface area contributed by atoms with Crippen molar-refractivity contribution >= 4 is 11.8 Å². The lowest BCUT2D eigenvalue weighted by atomic mass is 10.1. The van der Waals surface area contributed by atoms with Crippen LogP contribution in [0.2, 0.25) is 0 Å². The molecule has 0 amide bonds. The molecule has 0 saturated heterocycles. The second kappa shape index (κ2) is 4.73. The Labute approximate surface area is 85.5 Å². The van der Waals surface area contributed by atoms with Crippen LogP contribution in [0, 0.1) is 0 Å². The maximum Gasteiger partial charge on any atom is 0.416 e. The van der Waals surface area contributed by atoms with Gasteiger partial charge in [0.15, 0.2) is 0 Å². The highest BCUT2D eigenvalue weighted by Crippen LogP contribution is 2.30. The fourth-order valence-electron chi connectivity index (χ4n) is 1.06. The second-order valence-electron chi connectivity index (χ2n) is 2.84. The van der Waals surface area contributed by atoms with Crippen molar-refractivity contribution in [1.82, 2.24) is 0 Å². The summed E-state index contributed by atoms with van der Waals surface area (Å²) in [5.74, 6) is 1.55. The van der Waals surface area contributed by atoms with Gasteiger partial charge < -0.3 is 0 Å². The topological polar surface area (TPSA) is 0 Å². The minimum absolute atomic E-state index is 0.563. The summed E-state index contributed by atoms with van der Waals surface area (Å²) >= 11 is 1.61. The van der Waals surface area contributed by atoms with Crippen LogP contribution < -0.4 is 0 Å². The molecule has 14 heavy (non-hydrogen) atoms. The maximum atomic E-state index is 12.3. The van der Waals surface area contributed by atoms with E-state index in [4.69, 9.17) is 0 Å². The summed E-state index contributed by atoms with van der Waals surface area (Å²) in [6.45, 7) is 1.98. The van der Waals surface area contributed by atoms with Crippen molar-refractivity contribution in [2.24, 2.45) is 0 Å². The summed E-state index contributed by atoms with van der Waals surface area (Å²) in [6.07, 6.45) is -4.23. The Morgan fingerprint density at radius 1 is 1.29 bits per heavy atom. The van der Waals surface area contributed by atoms with Gasteiger partial charge in [-0.25, -0.2) is 0 Å². The summed E-state index contributed by atoms with van der Waals surface area (Å²) in [6, 6.07) is 5.48. The number of halogens is 3. The van der Waals surface area contributed by atoms with Crippen LogP contribution in [-0.2, 0) is 11.9 Å². The molecule has 0 aliphatic carbocycles. The molecular weight excluding hydrogens is 209 g/mol. The van der Waals surface area contributed by atoms with Crippen LogP contribution in [0.1, 0.15) is 18.1 Å². The molecule has 0 unspecified atom stereocenters. The summed E-state index contributed by atoms with van der Waals surface area (Å²) in [5.41, 5.74) is 0.165. The van der Waals surface area contributed by atoms with Gasteiger partial charge in [0.05, 0.1) is 5.56 Å². The van der Waals surface area contributed by atoms with Gasteiger partial charge in [0.25, 0.3) is 0 Å². The van der Waals surface area contributed by atoms with Gasteiger partial charge in [-0.15, -0.1) is 0 Å². The van der Waals surface area contributed by atoms with E-state index in [0.717, 1.165) is 17.4 Å². The highest BCUT2D eigenvalue weighted by molar-refractivity contribution is 7.98. The Bertz CT molecular complexity index is 294. The Balaban J connectivity index is 2.79. The molecule has 0 aliphatic rings. The van der Waals surface area contributed by atoms with Gasteiger partial charge in [-0.1, -0.05) is 25.1 Å². The molecule has 0 fully saturated rings. The Hall–Kier alpha value is -0.640. The summed E-state index contributed by atoms with van der Waals surface area (Å²) in [7, 11) is 0. The van der Waals surface area contributed by atoms with Crippen molar-refractivity contribution in [3.63, 3.8) is 0 Å². The average molecular weight is 220 g/mol. The predicted octanol–water partition coefficient (Wildman–Crippen LogP) is 3.96. The molecule has 0 radical (unpaired) electrons. The van der Waals surface area contributed by atoms with Crippen molar-refractivity contribution in [2.45, 2.75) is 18.9 Å². The van der Waals surface area contributed by atoms with E-state index in [1.54, 1.807) is 17.8 Å². The quantitative estimate of drug-likeness (QED) is 0.743. The zero-order valence-corrected chi connectivity index (χ0v) is 8.58. The zero-order valence-electron chi connectivity index (χ0n) is 7.77. The van der Waals surface area contributed by atoms with Gasteiger partial charge in [0.1, 0.15) is 0 Å². The fourth-order valence-corrected chi connectivity index (χ4v) is 1.68. The lowest BCUT2D eigenvalue weighted by molar-refractivity contribution is -0.137. The first kappa shape index (κ1) is 11.4. The van der Waals surface area contributed by atoms with E-state index < -0.39 is 11.7 Å². The third-order valence-electron chi connectivity index (χ3n) is 1.73. The van der Waals surface area contributed by atoms with Crippen LogP contribution in [-0.4, -0.2) is 5.75 Å². The van der Waals surface area contributed by atoms with Crippen LogP contribution in [0.25, 0.3) is 0 Å². The number of thioether (sulfide) groups is 1. The summed E-state index contributed by atoms with van der Waals surface area (Å²) in [4.78, 5) is 0. The Kier molecular flexibility index (Phi) is 3.86. The fraction of sp³-hybridized carbons (Fsp3) is 0.400. The minimum Gasteiger partial charge on any atom is -0.166 e. The molecule has 1 aromatic carbocycles. The van der Waals surface area contributed by atoms with Crippen molar-refractivity contribution in [1.29, 1.82) is 0 Å². The van der Waals surface area contributed by atoms with Gasteiger partial charge in [0.2, 0.25) is 0 Å². The molecule has 0 bridgehead atoms. The van der Waals surface area contributed by atoms with E-state index in [-0.39, 0.29) is 0 Å². The largest absolute Gasteiger partial charge is 0.416 e. The second-order valence-corrected chi connectivity index (χ2v) is 4.11. The number of alkyl halides is 3. The normalized spacial score (nSPS) is 11.7. The van der Waals surface area contributed by atoms with Crippen LogP contribution in [0.15, 0.2) is 24.3 Å². The molecule has 0 aromatic heterocycles. The third kappa shape index (κ3) is 3.25. The van der Waals surface area contributed by atoms with E-state index in [2.05, 4.69) is 0 Å². The van der Waals surface area contributed by atoms with E-state index >= 15 is 0 Å². The average Bonchev–Trinajstić information content (AvgIpc) is 2.14. The SMILES string of the molecule is CCSCc1cccc(C(F)(F)F)c1. The number of benzene rings is 1. The first-order chi connectivity index (χ1) is 6.54. The van der Waals surface area contributed by atoms with E-state index in [1.807, 2.05) is 6.92 Å². The predicted molar refractivity (Wildman–Crippen MR) is 53.3 cm³/mol. The number of hydrogen-bond acceptors (Lipinski definition) is 1. The van der Waals surface area contributed by atoms with Crippen molar-refractivity contribution in [3.05, 3.63) is 35.4 Å². The van der Waals surface area contributed by atoms with E-state index in [1.165, 1.54) is 12.1 Å². The molecule has 0 heterocycles. The summed E-state index contributed by atoms with van der Waals surface area (Å²) < 4.78 is 36.8. The zero-order chi connectivity index (χ0) is 10.6. The van der Waals surface area contributed by atoms with Gasteiger partial charge in [0, 0.05) is 5.75 Å². The first-order valence-electron chi connectivity index (χ1n) is 4.28. The molecule has 0 spiro atoms. The first-order valence-corrected chi connectivity index (χ1v) is 5.43. The molecule has 0 atom stereocenters. The smallest absolute Gasteiger partial charge is 0.166 e. The van der Waals surface area contributed by atoms with Crippen molar-refractivity contribution < 1.29 is 13.2 Å². The van der Waals surface area contributed by atoms with Crippen molar-refractivity contribution in [2.75, 3.05) is 5.75 Å². The lowest BCUT2D eigenvalue weighted by Gasteiger charge is -2.07. The molecule has 1 aromatic rings. The van der Waals surface area contributed by atoms with Gasteiger partial charge in [-0.05, 0) is 17.4 Å². The molecule has 0 N–H and O–H groups in total. The molecular formula is C10H11F3S. The molecule has 4 heteroatoms. The maximum absolute atomic E-state index is 12.3. The van der Waals surface area contributed by atoms with Gasteiger partial charge in [-0.3, -0.25) is 0 Å². The monoisotopic (exact) mass is 220 g/mol. The van der Waals surface area contributed by atoms with Crippen LogP contribution >= 0.6 is 11.8 Å². The van der Waals surface area contributed by atoms with Crippen LogP contribution in [0.3, 0.4) is 0 Å². The lowest BCUT2D eigenvalue weighted by Crippen LogP contribution is -2.04. The van der Waals surface area contributed by atoms with E-state index in [0.29, 0.717) is 5.75 Å². The minimum atomic E-state index is -4.23. The molecule has 0 aliphatic heterocycles. The van der Waals surface area contributed by atoms with Crippen LogP contribution in [0.4, 0.5) is 13.2 Å². The summed E-state index contributed by atoms with van der Waals surface area (Å²) in [5, 5.41) is 0. The highest BCUT2D eigenvalue weighted by Gasteiger charge is 2.30.